The van der Waals surface area contributed by atoms with Crippen molar-refractivity contribution in [2.45, 2.75) is 46.8 Å². The van der Waals surface area contributed by atoms with Gasteiger partial charge in [-0.3, -0.25) is 4.99 Å². The number of aliphatic imine (C=N–C) groups is 1. The van der Waals surface area contributed by atoms with Crippen molar-refractivity contribution in [3.63, 3.8) is 0 Å². The number of sulfonamides is 1. The summed E-state index contributed by atoms with van der Waals surface area (Å²) in [5, 5.41) is 6.26. The predicted octanol–water partition coefficient (Wildman–Crippen LogP) is 2.20. The molecule has 0 heterocycles. The van der Waals surface area contributed by atoms with Crippen LogP contribution in [0.4, 0.5) is 0 Å². The lowest BCUT2D eigenvalue weighted by atomic mass is 10.1. The molecule has 0 fully saturated rings. The van der Waals surface area contributed by atoms with Gasteiger partial charge in [0.1, 0.15) is 11.4 Å². The van der Waals surface area contributed by atoms with Crippen LogP contribution in [-0.4, -0.2) is 56.7 Å². The minimum Gasteiger partial charge on any atom is -0.488 e. The van der Waals surface area contributed by atoms with E-state index in [1.807, 2.05) is 58.9 Å². The van der Waals surface area contributed by atoms with E-state index in [1.165, 1.54) is 4.31 Å². The maximum absolute atomic E-state index is 12.2. The molecule has 0 saturated heterocycles. The van der Waals surface area contributed by atoms with Crippen molar-refractivity contribution in [1.29, 1.82) is 0 Å². The van der Waals surface area contributed by atoms with Crippen molar-refractivity contribution < 1.29 is 13.2 Å². The van der Waals surface area contributed by atoms with Crippen LogP contribution in [0.3, 0.4) is 0 Å². The lowest BCUT2D eigenvalue weighted by Gasteiger charge is -2.23. The number of guanidine groups is 1. The number of hydrogen-bond acceptors (Lipinski definition) is 4. The van der Waals surface area contributed by atoms with Gasteiger partial charge in [-0.05, 0) is 26.8 Å². The van der Waals surface area contributed by atoms with Crippen LogP contribution in [0.1, 0.15) is 40.2 Å². The molecule has 0 amide bonds. The van der Waals surface area contributed by atoms with Gasteiger partial charge in [0.2, 0.25) is 10.0 Å². The first-order valence-corrected chi connectivity index (χ1v) is 10.9. The first kappa shape index (κ1) is 23.2. The van der Waals surface area contributed by atoms with Gasteiger partial charge in [-0.15, -0.1) is 0 Å². The fourth-order valence-electron chi connectivity index (χ4n) is 2.52. The van der Waals surface area contributed by atoms with E-state index < -0.39 is 10.0 Å². The Bertz CT molecular complexity index is 708. The maximum Gasteiger partial charge on any atom is 0.215 e. The highest BCUT2D eigenvalue weighted by atomic mass is 32.2. The van der Waals surface area contributed by atoms with E-state index in [2.05, 4.69) is 15.6 Å². The first-order chi connectivity index (χ1) is 12.6. The van der Waals surface area contributed by atoms with Crippen LogP contribution in [-0.2, 0) is 16.6 Å². The van der Waals surface area contributed by atoms with Crippen molar-refractivity contribution in [1.82, 2.24) is 14.9 Å². The van der Waals surface area contributed by atoms with E-state index in [0.29, 0.717) is 32.1 Å². The Kier molecular flexibility index (Phi) is 9.05. The van der Waals surface area contributed by atoms with Crippen LogP contribution in [0.2, 0.25) is 0 Å². The minimum atomic E-state index is -3.25. The fourth-order valence-corrected chi connectivity index (χ4v) is 3.93. The molecule has 154 valence electrons. The zero-order chi connectivity index (χ0) is 20.5. The molecule has 0 radical (unpaired) electrons. The van der Waals surface area contributed by atoms with Gasteiger partial charge in [0.15, 0.2) is 5.96 Å². The Morgan fingerprint density at radius 1 is 1.15 bits per heavy atom. The van der Waals surface area contributed by atoms with Crippen molar-refractivity contribution in [3.8, 4) is 5.75 Å². The summed E-state index contributed by atoms with van der Waals surface area (Å²) in [5.74, 6) is 1.39. The molecule has 0 aliphatic carbocycles. The van der Waals surface area contributed by atoms with Gasteiger partial charge in [-0.2, -0.15) is 0 Å². The number of rotatable bonds is 9. The number of hydrogen-bond donors (Lipinski definition) is 2. The SMILES string of the molecule is CCN(CC)S(=O)(=O)CCNC(=NC)NCc1ccccc1OC(C)(C)C. The molecule has 1 rings (SSSR count). The summed E-state index contributed by atoms with van der Waals surface area (Å²) in [6.45, 7) is 11.5. The zero-order valence-electron chi connectivity index (χ0n) is 17.4. The summed E-state index contributed by atoms with van der Waals surface area (Å²) in [7, 11) is -1.59. The quantitative estimate of drug-likeness (QED) is 0.492. The standard InChI is InChI=1S/C19H34N4O3S/c1-7-23(8-2)27(24,25)14-13-21-18(20-6)22-15-16-11-9-10-12-17(16)26-19(3,4)5/h9-12H,7-8,13-15H2,1-6H3,(H2,20,21,22). The smallest absolute Gasteiger partial charge is 0.215 e. The van der Waals surface area contributed by atoms with Crippen LogP contribution < -0.4 is 15.4 Å². The van der Waals surface area contributed by atoms with E-state index in [1.54, 1.807) is 7.05 Å². The Labute approximate surface area is 164 Å². The lowest BCUT2D eigenvalue weighted by Crippen LogP contribution is -2.42. The molecule has 27 heavy (non-hydrogen) atoms. The van der Waals surface area contributed by atoms with Crippen LogP contribution >= 0.6 is 0 Å². The minimum absolute atomic E-state index is 0.0269. The van der Waals surface area contributed by atoms with Gasteiger partial charge in [-0.1, -0.05) is 32.0 Å². The third kappa shape index (κ3) is 8.17. The van der Waals surface area contributed by atoms with Gasteiger partial charge >= 0.3 is 0 Å². The molecule has 0 saturated carbocycles. The number of para-hydroxylation sites is 1. The van der Waals surface area contributed by atoms with Crippen LogP contribution in [0.5, 0.6) is 5.75 Å². The number of benzene rings is 1. The Morgan fingerprint density at radius 2 is 1.78 bits per heavy atom. The molecule has 2 N–H and O–H groups in total. The molecule has 1 aromatic rings. The summed E-state index contributed by atoms with van der Waals surface area (Å²) < 4.78 is 31.9. The third-order valence-electron chi connectivity index (χ3n) is 3.81. The molecule has 0 atom stereocenters. The average molecular weight is 399 g/mol. The summed E-state index contributed by atoms with van der Waals surface area (Å²) in [5.41, 5.74) is 0.723. The molecule has 1 aromatic carbocycles. The number of nitrogens with zero attached hydrogens (tertiary/aromatic N) is 2. The summed E-state index contributed by atoms with van der Waals surface area (Å²) in [4.78, 5) is 4.16. The Hall–Kier alpha value is -1.80. The third-order valence-corrected chi connectivity index (χ3v) is 5.83. The molecule has 0 aliphatic heterocycles. The van der Waals surface area contributed by atoms with Gasteiger partial charge in [0.05, 0.1) is 5.75 Å². The summed E-state index contributed by atoms with van der Waals surface area (Å²) in [6, 6.07) is 7.83. The second-order valence-corrected chi connectivity index (χ2v) is 9.16. The molecule has 7 nitrogen and oxygen atoms in total. The molecular formula is C19H34N4O3S. The highest BCUT2D eigenvalue weighted by Crippen LogP contribution is 2.22. The lowest BCUT2D eigenvalue weighted by molar-refractivity contribution is 0.129. The van der Waals surface area contributed by atoms with E-state index in [9.17, 15) is 8.42 Å². The van der Waals surface area contributed by atoms with Crippen molar-refractivity contribution in [2.75, 3.05) is 32.4 Å². The normalized spacial score (nSPS) is 12.9. The second kappa shape index (κ2) is 10.5. The largest absolute Gasteiger partial charge is 0.488 e. The topological polar surface area (TPSA) is 83.0 Å². The van der Waals surface area contributed by atoms with E-state index in [-0.39, 0.29) is 11.4 Å². The Morgan fingerprint density at radius 3 is 2.33 bits per heavy atom. The van der Waals surface area contributed by atoms with Crippen LogP contribution in [0.15, 0.2) is 29.3 Å². The van der Waals surface area contributed by atoms with Gasteiger partial charge in [0.25, 0.3) is 0 Å². The molecule has 0 aromatic heterocycles. The van der Waals surface area contributed by atoms with Gasteiger partial charge in [-0.25, -0.2) is 12.7 Å². The molecule has 0 spiro atoms. The van der Waals surface area contributed by atoms with Crippen molar-refractivity contribution in [3.05, 3.63) is 29.8 Å². The Balaban J connectivity index is 2.62. The van der Waals surface area contributed by atoms with Gasteiger partial charge < -0.3 is 15.4 Å². The molecule has 0 bridgehead atoms. The number of ether oxygens (including phenoxy) is 1. The molecule has 0 unspecified atom stereocenters. The van der Waals surface area contributed by atoms with Crippen LogP contribution in [0, 0.1) is 0 Å². The van der Waals surface area contributed by atoms with Crippen molar-refractivity contribution in [2.24, 2.45) is 4.99 Å². The highest BCUT2D eigenvalue weighted by Gasteiger charge is 2.18. The maximum atomic E-state index is 12.2. The predicted molar refractivity (Wildman–Crippen MR) is 112 cm³/mol. The molecular weight excluding hydrogens is 364 g/mol. The average Bonchev–Trinajstić information content (AvgIpc) is 2.58. The van der Waals surface area contributed by atoms with E-state index >= 15 is 0 Å². The monoisotopic (exact) mass is 398 g/mol. The van der Waals surface area contributed by atoms with Crippen LogP contribution in [0.25, 0.3) is 0 Å². The summed E-state index contributed by atoms with van der Waals surface area (Å²) in [6.07, 6.45) is 0. The second-order valence-electron chi connectivity index (χ2n) is 7.08. The van der Waals surface area contributed by atoms with Crippen molar-refractivity contribution >= 4 is 16.0 Å². The highest BCUT2D eigenvalue weighted by molar-refractivity contribution is 7.89. The molecule has 8 heteroatoms. The fraction of sp³-hybridized carbons (Fsp3) is 0.632. The molecule has 0 aliphatic rings. The number of nitrogens with one attached hydrogen (secondary N) is 2. The first-order valence-electron chi connectivity index (χ1n) is 9.32. The zero-order valence-corrected chi connectivity index (χ0v) is 18.2. The van der Waals surface area contributed by atoms with E-state index in [4.69, 9.17) is 4.74 Å². The summed E-state index contributed by atoms with van der Waals surface area (Å²) >= 11 is 0. The van der Waals surface area contributed by atoms with Gasteiger partial charge in [0, 0.05) is 38.8 Å². The van der Waals surface area contributed by atoms with E-state index in [0.717, 1.165) is 11.3 Å².